The van der Waals surface area contributed by atoms with Gasteiger partial charge in [-0.2, -0.15) is 5.26 Å². The molecule has 23 heavy (non-hydrogen) atoms. The number of phenolic OH excluding ortho intramolecular Hbond substituents is 2. The average Bonchev–Trinajstić information content (AvgIpc) is 2.57. The molecule has 0 spiro atoms. The Kier molecular flexibility index (Phi) is 5.16. The van der Waals surface area contributed by atoms with E-state index in [1.807, 2.05) is 6.07 Å². The predicted molar refractivity (Wildman–Crippen MR) is 86.4 cm³/mol. The Hall–Kier alpha value is -3.52. The quantitative estimate of drug-likeness (QED) is 0.460. The highest BCUT2D eigenvalue weighted by atomic mass is 16.3. The number of rotatable bonds is 4. The first-order valence-corrected chi connectivity index (χ1v) is 6.77. The van der Waals surface area contributed by atoms with Gasteiger partial charge in [0.25, 0.3) is 5.91 Å². The third-order valence-electron chi connectivity index (χ3n) is 2.96. The normalized spacial score (nSPS) is 11.2. The summed E-state index contributed by atoms with van der Waals surface area (Å²) in [4.78, 5) is 11.9. The molecule has 0 radical (unpaired) electrons. The van der Waals surface area contributed by atoms with E-state index in [0.29, 0.717) is 11.1 Å². The van der Waals surface area contributed by atoms with Crippen LogP contribution in [0.15, 0.2) is 66.4 Å². The number of benzene rings is 2. The molecule has 2 rings (SSSR count). The summed E-state index contributed by atoms with van der Waals surface area (Å²) in [6.45, 7) is 0. The van der Waals surface area contributed by atoms with E-state index in [2.05, 4.69) is 5.32 Å². The summed E-state index contributed by atoms with van der Waals surface area (Å²) < 4.78 is 0. The van der Waals surface area contributed by atoms with E-state index < -0.39 is 0 Å². The van der Waals surface area contributed by atoms with Gasteiger partial charge in [-0.1, -0.05) is 36.4 Å². The van der Waals surface area contributed by atoms with Gasteiger partial charge in [0, 0.05) is 5.56 Å². The van der Waals surface area contributed by atoms with E-state index in [0.717, 1.165) is 0 Å². The second-order valence-electron chi connectivity index (χ2n) is 4.62. The lowest BCUT2D eigenvalue weighted by Gasteiger charge is -2.02. The first-order chi connectivity index (χ1) is 11.1. The van der Waals surface area contributed by atoms with Gasteiger partial charge in [-0.3, -0.25) is 4.79 Å². The van der Waals surface area contributed by atoms with Gasteiger partial charge < -0.3 is 15.5 Å². The molecule has 3 N–H and O–H groups in total. The Morgan fingerprint density at radius 1 is 1.09 bits per heavy atom. The molecule has 0 saturated carbocycles. The van der Waals surface area contributed by atoms with E-state index in [4.69, 9.17) is 5.26 Å². The zero-order chi connectivity index (χ0) is 16.7. The number of aromatic hydroxyl groups is 2. The number of carbonyl (C=O) groups excluding carboxylic acids is 1. The van der Waals surface area contributed by atoms with Crippen LogP contribution in [0, 0.1) is 11.3 Å². The third-order valence-corrected chi connectivity index (χ3v) is 2.96. The standard InChI is InChI=1S/C18H14N2O3/c19-12-15(20-18(23)14-6-2-1-3-7-14)8-4-5-13-9-10-16(21)17(22)11-13/h1-11,21-22H,(H,20,23)/b5-4+,15-8+. The van der Waals surface area contributed by atoms with E-state index in [1.165, 1.54) is 18.2 Å². The number of carbonyl (C=O) groups is 1. The molecular formula is C18H14N2O3. The Labute approximate surface area is 133 Å². The lowest BCUT2D eigenvalue weighted by atomic mass is 10.2. The van der Waals surface area contributed by atoms with Crippen LogP contribution in [-0.2, 0) is 0 Å². The number of hydrogen-bond acceptors (Lipinski definition) is 4. The molecule has 0 aliphatic heterocycles. The smallest absolute Gasteiger partial charge is 0.256 e. The highest BCUT2D eigenvalue weighted by Crippen LogP contribution is 2.25. The van der Waals surface area contributed by atoms with Crippen LogP contribution in [0.3, 0.4) is 0 Å². The van der Waals surface area contributed by atoms with Gasteiger partial charge in [0.1, 0.15) is 11.8 Å². The van der Waals surface area contributed by atoms with Crippen molar-refractivity contribution < 1.29 is 15.0 Å². The number of hydrogen-bond donors (Lipinski definition) is 3. The van der Waals surface area contributed by atoms with Crippen molar-refractivity contribution in [3.8, 4) is 17.6 Å². The second-order valence-corrected chi connectivity index (χ2v) is 4.62. The second kappa shape index (κ2) is 7.48. The molecule has 0 atom stereocenters. The van der Waals surface area contributed by atoms with Crippen molar-refractivity contribution in [3.63, 3.8) is 0 Å². The van der Waals surface area contributed by atoms with Crippen LogP contribution >= 0.6 is 0 Å². The molecule has 5 nitrogen and oxygen atoms in total. The monoisotopic (exact) mass is 306 g/mol. The summed E-state index contributed by atoms with van der Waals surface area (Å²) in [5.74, 6) is -0.798. The topological polar surface area (TPSA) is 93.3 Å². The van der Waals surface area contributed by atoms with E-state index in [-0.39, 0.29) is 23.1 Å². The van der Waals surface area contributed by atoms with Gasteiger partial charge in [0.2, 0.25) is 0 Å². The van der Waals surface area contributed by atoms with Crippen molar-refractivity contribution in [1.82, 2.24) is 5.32 Å². The van der Waals surface area contributed by atoms with Crippen molar-refractivity contribution >= 4 is 12.0 Å². The van der Waals surface area contributed by atoms with Crippen LogP contribution in [0.4, 0.5) is 0 Å². The average molecular weight is 306 g/mol. The maximum absolute atomic E-state index is 11.9. The Bertz CT molecular complexity index is 803. The molecular weight excluding hydrogens is 292 g/mol. The molecule has 5 heteroatoms. The minimum Gasteiger partial charge on any atom is -0.504 e. The molecule has 1 amide bonds. The molecule has 0 heterocycles. The molecule has 0 aromatic heterocycles. The first kappa shape index (κ1) is 15.9. The fourth-order valence-corrected chi connectivity index (χ4v) is 1.79. The van der Waals surface area contributed by atoms with Gasteiger partial charge in [0.15, 0.2) is 11.5 Å². The van der Waals surface area contributed by atoms with Crippen LogP contribution in [0.25, 0.3) is 6.08 Å². The number of amides is 1. The summed E-state index contributed by atoms with van der Waals surface area (Å²) in [5.41, 5.74) is 1.20. The summed E-state index contributed by atoms with van der Waals surface area (Å²) in [6.07, 6.45) is 4.64. The zero-order valence-corrected chi connectivity index (χ0v) is 12.1. The Morgan fingerprint density at radius 3 is 2.48 bits per heavy atom. The van der Waals surface area contributed by atoms with Gasteiger partial charge in [-0.25, -0.2) is 0 Å². The fraction of sp³-hybridized carbons (Fsp3) is 0. The maximum atomic E-state index is 11.9. The molecule has 0 saturated heterocycles. The SMILES string of the molecule is N#C/C(=C\C=C\c1ccc(O)c(O)c1)NC(=O)c1ccccc1. The van der Waals surface area contributed by atoms with Crippen LogP contribution in [-0.4, -0.2) is 16.1 Å². The van der Waals surface area contributed by atoms with Crippen LogP contribution < -0.4 is 5.32 Å². The molecule has 0 bridgehead atoms. The fourth-order valence-electron chi connectivity index (χ4n) is 1.79. The maximum Gasteiger partial charge on any atom is 0.256 e. The van der Waals surface area contributed by atoms with Crippen LogP contribution in [0.1, 0.15) is 15.9 Å². The summed E-state index contributed by atoms with van der Waals surface area (Å²) in [6, 6.07) is 14.8. The summed E-state index contributed by atoms with van der Waals surface area (Å²) in [7, 11) is 0. The lowest BCUT2D eigenvalue weighted by Crippen LogP contribution is -2.21. The van der Waals surface area contributed by atoms with Gasteiger partial charge in [-0.05, 0) is 35.9 Å². The van der Waals surface area contributed by atoms with E-state index in [1.54, 1.807) is 48.6 Å². The van der Waals surface area contributed by atoms with Gasteiger partial charge >= 0.3 is 0 Å². The van der Waals surface area contributed by atoms with Crippen molar-refractivity contribution in [3.05, 3.63) is 77.5 Å². The highest BCUT2D eigenvalue weighted by molar-refractivity contribution is 5.95. The predicted octanol–water partition coefficient (Wildman–Crippen LogP) is 2.95. The van der Waals surface area contributed by atoms with Crippen LogP contribution in [0.5, 0.6) is 11.5 Å². The highest BCUT2D eigenvalue weighted by Gasteiger charge is 2.05. The Balaban J connectivity index is 2.07. The van der Waals surface area contributed by atoms with Crippen LogP contribution in [0.2, 0.25) is 0 Å². The largest absolute Gasteiger partial charge is 0.504 e. The number of nitrogens with zero attached hydrogens (tertiary/aromatic N) is 1. The minimum atomic E-state index is -0.367. The number of allylic oxidation sites excluding steroid dienone is 3. The molecule has 2 aromatic rings. The van der Waals surface area contributed by atoms with E-state index in [9.17, 15) is 15.0 Å². The minimum absolute atomic E-state index is 0.0955. The van der Waals surface area contributed by atoms with Gasteiger partial charge in [-0.15, -0.1) is 0 Å². The third kappa shape index (κ3) is 4.48. The number of nitriles is 1. The number of nitrogens with one attached hydrogen (secondary N) is 1. The Morgan fingerprint density at radius 2 is 1.83 bits per heavy atom. The first-order valence-electron chi connectivity index (χ1n) is 6.77. The van der Waals surface area contributed by atoms with Gasteiger partial charge in [0.05, 0.1) is 0 Å². The molecule has 114 valence electrons. The van der Waals surface area contributed by atoms with Crippen molar-refractivity contribution in [2.45, 2.75) is 0 Å². The van der Waals surface area contributed by atoms with Crippen molar-refractivity contribution in [2.24, 2.45) is 0 Å². The van der Waals surface area contributed by atoms with E-state index >= 15 is 0 Å². The van der Waals surface area contributed by atoms with Crippen molar-refractivity contribution in [2.75, 3.05) is 0 Å². The molecule has 0 unspecified atom stereocenters. The molecule has 0 aliphatic rings. The lowest BCUT2D eigenvalue weighted by molar-refractivity contribution is 0.0967. The summed E-state index contributed by atoms with van der Waals surface area (Å²) >= 11 is 0. The molecule has 0 aliphatic carbocycles. The number of phenols is 2. The van der Waals surface area contributed by atoms with Crippen molar-refractivity contribution in [1.29, 1.82) is 5.26 Å². The zero-order valence-electron chi connectivity index (χ0n) is 12.1. The summed E-state index contributed by atoms with van der Waals surface area (Å²) in [5, 5.41) is 30.2. The molecule has 2 aromatic carbocycles. The molecule has 0 fully saturated rings.